The number of carbonyl (C=O) groups is 1. The van der Waals surface area contributed by atoms with Crippen LogP contribution in [0.15, 0.2) is 45.8 Å². The lowest BCUT2D eigenvalue weighted by Crippen LogP contribution is -2.24. The van der Waals surface area contributed by atoms with Crippen LogP contribution >= 0.6 is 15.9 Å². The van der Waals surface area contributed by atoms with Gasteiger partial charge in [-0.1, -0.05) is 28.9 Å². The third-order valence-corrected chi connectivity index (χ3v) is 5.57. The van der Waals surface area contributed by atoms with Crippen LogP contribution in [-0.4, -0.2) is 20.9 Å². The van der Waals surface area contributed by atoms with Crippen molar-refractivity contribution >= 4 is 37.5 Å². The highest BCUT2D eigenvalue weighted by Crippen LogP contribution is 2.22. The Labute approximate surface area is 150 Å². The van der Waals surface area contributed by atoms with Crippen molar-refractivity contribution in [1.29, 1.82) is 0 Å². The fourth-order valence-corrected chi connectivity index (χ4v) is 3.79. The molecule has 0 aliphatic heterocycles. The van der Waals surface area contributed by atoms with Gasteiger partial charge in [0, 0.05) is 22.3 Å². The predicted octanol–water partition coefficient (Wildman–Crippen LogP) is 3.62. The molecule has 0 bridgehead atoms. The maximum atomic E-state index is 12.6. The van der Waals surface area contributed by atoms with Crippen molar-refractivity contribution in [1.82, 2.24) is 4.72 Å². The van der Waals surface area contributed by atoms with Crippen LogP contribution in [0.2, 0.25) is 0 Å². The van der Waals surface area contributed by atoms with E-state index in [-0.39, 0.29) is 17.3 Å². The normalized spacial score (nSPS) is 11.3. The number of halogens is 1. The highest BCUT2D eigenvalue weighted by Gasteiger charge is 2.17. The smallest absolute Gasteiger partial charge is 0.255 e. The maximum absolute atomic E-state index is 12.6. The van der Waals surface area contributed by atoms with Crippen molar-refractivity contribution in [3.8, 4) is 0 Å². The zero-order valence-electron chi connectivity index (χ0n) is 13.7. The molecule has 0 saturated carbocycles. The molecule has 0 aliphatic rings. The molecular weight excluding hydrogens is 392 g/mol. The minimum Gasteiger partial charge on any atom is -0.322 e. The van der Waals surface area contributed by atoms with Gasteiger partial charge in [-0.15, -0.1) is 0 Å². The summed E-state index contributed by atoms with van der Waals surface area (Å²) in [5.74, 6) is -0.341. The number of nitrogens with one attached hydrogen (secondary N) is 2. The molecule has 2 aromatic rings. The third-order valence-electron chi connectivity index (χ3n) is 3.53. The van der Waals surface area contributed by atoms with E-state index in [1.165, 1.54) is 12.1 Å². The fraction of sp³-hybridized carbons (Fsp3) is 0.235. The summed E-state index contributed by atoms with van der Waals surface area (Å²) in [5.41, 5.74) is 2.63. The molecule has 7 heteroatoms. The SMILES string of the molecule is CCNS(=O)(=O)c1ccc(C)c(C(=O)Nc2ccc(Br)cc2C)c1. The van der Waals surface area contributed by atoms with Crippen molar-refractivity contribution in [3.05, 3.63) is 57.6 Å². The lowest BCUT2D eigenvalue weighted by molar-refractivity contribution is 0.102. The van der Waals surface area contributed by atoms with Crippen LogP contribution in [0, 0.1) is 13.8 Å². The van der Waals surface area contributed by atoms with E-state index in [1.807, 2.05) is 19.1 Å². The summed E-state index contributed by atoms with van der Waals surface area (Å²) in [6, 6.07) is 10.1. The number of hydrogen-bond acceptors (Lipinski definition) is 3. The lowest BCUT2D eigenvalue weighted by atomic mass is 10.1. The maximum Gasteiger partial charge on any atom is 0.255 e. The Morgan fingerprint density at radius 1 is 1.08 bits per heavy atom. The van der Waals surface area contributed by atoms with E-state index in [0.717, 1.165) is 10.0 Å². The van der Waals surface area contributed by atoms with E-state index in [4.69, 9.17) is 0 Å². The average molecular weight is 411 g/mol. The van der Waals surface area contributed by atoms with Crippen LogP contribution in [0.1, 0.15) is 28.4 Å². The second-order valence-corrected chi connectivity index (χ2v) is 8.07. The van der Waals surface area contributed by atoms with E-state index in [2.05, 4.69) is 26.0 Å². The van der Waals surface area contributed by atoms with Crippen molar-refractivity contribution in [3.63, 3.8) is 0 Å². The summed E-state index contributed by atoms with van der Waals surface area (Å²) in [6.45, 7) is 5.65. The molecular formula is C17H19BrN2O3S. The summed E-state index contributed by atoms with van der Waals surface area (Å²) in [5, 5.41) is 2.83. The highest BCUT2D eigenvalue weighted by molar-refractivity contribution is 9.10. The van der Waals surface area contributed by atoms with E-state index in [0.29, 0.717) is 16.8 Å². The number of benzene rings is 2. The molecule has 128 valence electrons. The Morgan fingerprint density at radius 3 is 2.42 bits per heavy atom. The molecule has 24 heavy (non-hydrogen) atoms. The van der Waals surface area contributed by atoms with Gasteiger partial charge in [-0.3, -0.25) is 4.79 Å². The van der Waals surface area contributed by atoms with Gasteiger partial charge in [-0.05, 0) is 55.3 Å². The van der Waals surface area contributed by atoms with Gasteiger partial charge < -0.3 is 5.32 Å². The van der Waals surface area contributed by atoms with Crippen molar-refractivity contribution < 1.29 is 13.2 Å². The molecule has 5 nitrogen and oxygen atoms in total. The standard InChI is InChI=1S/C17H19BrN2O3S/c1-4-19-24(22,23)14-7-5-11(2)15(10-14)17(21)20-16-8-6-13(18)9-12(16)3/h5-10,19H,4H2,1-3H3,(H,20,21). The minimum absolute atomic E-state index is 0.0765. The number of anilines is 1. The van der Waals surface area contributed by atoms with Crippen molar-refractivity contribution in [2.75, 3.05) is 11.9 Å². The Bertz CT molecular complexity index is 879. The molecule has 0 atom stereocenters. The largest absolute Gasteiger partial charge is 0.322 e. The van der Waals surface area contributed by atoms with Crippen LogP contribution in [0.4, 0.5) is 5.69 Å². The quantitative estimate of drug-likeness (QED) is 0.789. The van der Waals surface area contributed by atoms with E-state index < -0.39 is 10.0 Å². The van der Waals surface area contributed by atoms with E-state index in [9.17, 15) is 13.2 Å². The number of aryl methyl sites for hydroxylation is 2. The molecule has 0 fully saturated rings. The first kappa shape index (κ1) is 18.6. The zero-order chi connectivity index (χ0) is 17.9. The number of amides is 1. The monoisotopic (exact) mass is 410 g/mol. The van der Waals surface area contributed by atoms with Gasteiger partial charge in [0.2, 0.25) is 10.0 Å². The van der Waals surface area contributed by atoms with Gasteiger partial charge in [0.25, 0.3) is 5.91 Å². The number of rotatable bonds is 5. The van der Waals surface area contributed by atoms with Crippen LogP contribution in [-0.2, 0) is 10.0 Å². The molecule has 0 radical (unpaired) electrons. The van der Waals surface area contributed by atoms with Gasteiger partial charge >= 0.3 is 0 Å². The zero-order valence-corrected chi connectivity index (χ0v) is 16.1. The first-order chi connectivity index (χ1) is 11.2. The molecule has 0 saturated heterocycles. The van der Waals surface area contributed by atoms with Crippen LogP contribution in [0.3, 0.4) is 0 Å². The second kappa shape index (κ2) is 7.46. The molecule has 0 aromatic heterocycles. The van der Waals surface area contributed by atoms with Crippen LogP contribution in [0.25, 0.3) is 0 Å². The topological polar surface area (TPSA) is 75.3 Å². The highest BCUT2D eigenvalue weighted by atomic mass is 79.9. The van der Waals surface area contributed by atoms with Gasteiger partial charge in [0.05, 0.1) is 4.90 Å². The summed E-state index contributed by atoms with van der Waals surface area (Å²) < 4.78 is 27.6. The number of hydrogen-bond donors (Lipinski definition) is 2. The Kier molecular flexibility index (Phi) is 5.79. The summed E-state index contributed by atoms with van der Waals surface area (Å²) in [6.07, 6.45) is 0. The van der Waals surface area contributed by atoms with Crippen molar-refractivity contribution in [2.24, 2.45) is 0 Å². The molecule has 0 aliphatic carbocycles. The van der Waals surface area contributed by atoms with E-state index >= 15 is 0 Å². The number of carbonyl (C=O) groups excluding carboxylic acids is 1. The van der Waals surface area contributed by atoms with Gasteiger partial charge in [0.1, 0.15) is 0 Å². The van der Waals surface area contributed by atoms with Gasteiger partial charge in [-0.2, -0.15) is 0 Å². The molecule has 1 amide bonds. The molecule has 2 rings (SSSR count). The summed E-state index contributed by atoms with van der Waals surface area (Å²) in [7, 11) is -3.61. The van der Waals surface area contributed by atoms with Gasteiger partial charge in [-0.25, -0.2) is 13.1 Å². The molecule has 0 heterocycles. The first-order valence-corrected chi connectivity index (χ1v) is 9.70. The Morgan fingerprint density at radius 2 is 1.79 bits per heavy atom. The molecule has 2 N–H and O–H groups in total. The molecule has 0 unspecified atom stereocenters. The Hall–Kier alpha value is -1.70. The number of sulfonamides is 1. The predicted molar refractivity (Wildman–Crippen MR) is 98.9 cm³/mol. The van der Waals surface area contributed by atoms with Crippen LogP contribution < -0.4 is 10.0 Å². The van der Waals surface area contributed by atoms with Crippen LogP contribution in [0.5, 0.6) is 0 Å². The summed E-state index contributed by atoms with van der Waals surface area (Å²) in [4.78, 5) is 12.6. The summed E-state index contributed by atoms with van der Waals surface area (Å²) >= 11 is 3.38. The minimum atomic E-state index is -3.61. The van der Waals surface area contributed by atoms with Gasteiger partial charge in [0.15, 0.2) is 0 Å². The first-order valence-electron chi connectivity index (χ1n) is 7.42. The Balaban J connectivity index is 2.35. The van der Waals surface area contributed by atoms with Crippen molar-refractivity contribution in [2.45, 2.75) is 25.7 Å². The second-order valence-electron chi connectivity index (χ2n) is 5.39. The average Bonchev–Trinajstić information content (AvgIpc) is 2.50. The lowest BCUT2D eigenvalue weighted by Gasteiger charge is -2.12. The van der Waals surface area contributed by atoms with E-state index in [1.54, 1.807) is 26.0 Å². The molecule has 2 aromatic carbocycles. The third kappa shape index (κ3) is 4.23. The molecule has 0 spiro atoms. The fourth-order valence-electron chi connectivity index (χ4n) is 2.24.